The number of anilines is 2. The maximum atomic E-state index is 11.0. The Balaban J connectivity index is 1.57. The second-order valence-electron chi connectivity index (χ2n) is 6.57. The zero-order valence-corrected chi connectivity index (χ0v) is 17.3. The minimum Gasteiger partial charge on any atom is -0.490 e. The molecule has 0 saturated carbocycles. The van der Waals surface area contributed by atoms with Gasteiger partial charge in [-0.1, -0.05) is 41.4 Å². The smallest absolute Gasteiger partial charge is 0.311 e. The van der Waals surface area contributed by atoms with Gasteiger partial charge in [0.2, 0.25) is 0 Å². The summed E-state index contributed by atoms with van der Waals surface area (Å²) in [5.74, 6) is 0.221. The standard InChI is InChI=1S/C22H20Cl2N2O3/c1-29-22-14-18(10-12-21(22)26(27)28)25-17-8-5-15(6-9-17)3-2-4-16-7-11-19(23)20(24)13-16/h5-14,25H,2-4H2,1H3. The number of aryl methyl sites for hydroxylation is 2. The first-order chi connectivity index (χ1) is 14.0. The first-order valence-corrected chi connectivity index (χ1v) is 9.84. The Morgan fingerprint density at radius 2 is 1.55 bits per heavy atom. The molecule has 3 aromatic carbocycles. The number of rotatable bonds is 8. The SMILES string of the molecule is COc1cc(Nc2ccc(CCCc3ccc(Cl)c(Cl)c3)cc2)ccc1[N+](=O)[O-]. The molecule has 0 atom stereocenters. The number of ether oxygens (including phenoxy) is 1. The molecule has 3 aromatic rings. The summed E-state index contributed by atoms with van der Waals surface area (Å²) >= 11 is 12.0. The van der Waals surface area contributed by atoms with E-state index in [1.165, 1.54) is 24.3 Å². The zero-order valence-electron chi connectivity index (χ0n) is 15.8. The lowest BCUT2D eigenvalue weighted by Crippen LogP contribution is -1.96. The summed E-state index contributed by atoms with van der Waals surface area (Å²) in [5, 5.41) is 15.4. The minimum atomic E-state index is -0.463. The number of benzene rings is 3. The highest BCUT2D eigenvalue weighted by Crippen LogP contribution is 2.31. The number of hydrogen-bond acceptors (Lipinski definition) is 4. The van der Waals surface area contributed by atoms with Gasteiger partial charge in [-0.3, -0.25) is 10.1 Å². The van der Waals surface area contributed by atoms with E-state index in [0.29, 0.717) is 10.0 Å². The highest BCUT2D eigenvalue weighted by atomic mass is 35.5. The predicted octanol–water partition coefficient (Wildman–Crippen LogP) is 6.83. The van der Waals surface area contributed by atoms with Crippen LogP contribution in [0.1, 0.15) is 17.5 Å². The average molecular weight is 431 g/mol. The van der Waals surface area contributed by atoms with Crippen molar-refractivity contribution in [3.8, 4) is 5.75 Å². The molecule has 0 bridgehead atoms. The summed E-state index contributed by atoms with van der Waals surface area (Å²) in [5.41, 5.74) is 3.96. The van der Waals surface area contributed by atoms with Crippen LogP contribution in [0.3, 0.4) is 0 Å². The molecule has 0 saturated heterocycles. The summed E-state index contributed by atoms with van der Waals surface area (Å²) in [6.45, 7) is 0. The van der Waals surface area contributed by atoms with E-state index in [1.54, 1.807) is 12.1 Å². The van der Waals surface area contributed by atoms with Crippen molar-refractivity contribution >= 4 is 40.3 Å². The number of hydrogen-bond donors (Lipinski definition) is 1. The Hall–Kier alpha value is -2.76. The molecule has 0 amide bonds. The van der Waals surface area contributed by atoms with Gasteiger partial charge in [0, 0.05) is 23.5 Å². The van der Waals surface area contributed by atoms with Crippen molar-refractivity contribution in [1.82, 2.24) is 0 Å². The van der Waals surface area contributed by atoms with E-state index in [4.69, 9.17) is 27.9 Å². The molecular formula is C22H20Cl2N2O3. The Morgan fingerprint density at radius 1 is 0.897 bits per heavy atom. The van der Waals surface area contributed by atoms with Crippen molar-refractivity contribution in [3.05, 3.63) is 92.0 Å². The third-order valence-corrected chi connectivity index (χ3v) is 5.27. The maximum Gasteiger partial charge on any atom is 0.311 e. The number of nitrogens with zero attached hydrogens (tertiary/aromatic N) is 1. The fraction of sp³-hybridized carbons (Fsp3) is 0.182. The lowest BCUT2D eigenvalue weighted by molar-refractivity contribution is -0.385. The number of nitro benzene ring substituents is 1. The average Bonchev–Trinajstić information content (AvgIpc) is 2.71. The molecule has 0 aliphatic rings. The quantitative estimate of drug-likeness (QED) is 0.314. The van der Waals surface area contributed by atoms with Gasteiger partial charge in [-0.15, -0.1) is 0 Å². The fourth-order valence-electron chi connectivity index (χ4n) is 3.02. The van der Waals surface area contributed by atoms with Crippen LogP contribution in [0.25, 0.3) is 0 Å². The minimum absolute atomic E-state index is 0.0598. The van der Waals surface area contributed by atoms with Crippen molar-refractivity contribution in [2.45, 2.75) is 19.3 Å². The van der Waals surface area contributed by atoms with Gasteiger partial charge in [0.15, 0.2) is 5.75 Å². The normalized spacial score (nSPS) is 10.6. The first kappa shape index (κ1) is 21.0. The van der Waals surface area contributed by atoms with Crippen LogP contribution in [0.4, 0.5) is 17.1 Å². The molecule has 0 fully saturated rings. The third kappa shape index (κ3) is 5.62. The molecule has 0 aromatic heterocycles. The fourth-order valence-corrected chi connectivity index (χ4v) is 3.34. The van der Waals surface area contributed by atoms with Crippen molar-refractivity contribution in [1.29, 1.82) is 0 Å². The monoisotopic (exact) mass is 430 g/mol. The van der Waals surface area contributed by atoms with Gasteiger partial charge >= 0.3 is 5.69 Å². The van der Waals surface area contributed by atoms with E-state index >= 15 is 0 Å². The third-order valence-electron chi connectivity index (χ3n) is 4.53. The lowest BCUT2D eigenvalue weighted by Gasteiger charge is -2.10. The van der Waals surface area contributed by atoms with E-state index in [9.17, 15) is 10.1 Å². The summed E-state index contributed by atoms with van der Waals surface area (Å²) in [4.78, 5) is 10.5. The topological polar surface area (TPSA) is 64.4 Å². The van der Waals surface area contributed by atoms with Crippen molar-refractivity contribution < 1.29 is 9.66 Å². The van der Waals surface area contributed by atoms with Crippen LogP contribution >= 0.6 is 23.2 Å². The van der Waals surface area contributed by atoms with Gasteiger partial charge in [0.1, 0.15) is 0 Å². The van der Waals surface area contributed by atoms with Crippen molar-refractivity contribution in [2.24, 2.45) is 0 Å². The highest BCUT2D eigenvalue weighted by Gasteiger charge is 2.14. The summed E-state index contributed by atoms with van der Waals surface area (Å²) in [6, 6.07) is 18.6. The molecular weight excluding hydrogens is 411 g/mol. The van der Waals surface area contributed by atoms with Crippen LogP contribution in [0.15, 0.2) is 60.7 Å². The van der Waals surface area contributed by atoms with E-state index in [0.717, 1.165) is 30.6 Å². The molecule has 0 spiro atoms. The van der Waals surface area contributed by atoms with Crippen LogP contribution < -0.4 is 10.1 Å². The van der Waals surface area contributed by atoms with Gasteiger partial charge in [0.25, 0.3) is 0 Å². The lowest BCUT2D eigenvalue weighted by atomic mass is 10.0. The molecule has 0 unspecified atom stereocenters. The van der Waals surface area contributed by atoms with Gasteiger partial charge in [0.05, 0.1) is 22.1 Å². The molecule has 1 N–H and O–H groups in total. The van der Waals surface area contributed by atoms with Crippen molar-refractivity contribution in [2.75, 3.05) is 12.4 Å². The number of methoxy groups -OCH3 is 1. The van der Waals surface area contributed by atoms with Crippen LogP contribution in [0.2, 0.25) is 10.0 Å². The van der Waals surface area contributed by atoms with Gasteiger partial charge < -0.3 is 10.1 Å². The second-order valence-corrected chi connectivity index (χ2v) is 7.38. The number of nitrogens with one attached hydrogen (secondary N) is 1. The Bertz CT molecular complexity index is 1010. The Kier molecular flexibility index (Phi) is 6.96. The van der Waals surface area contributed by atoms with Crippen LogP contribution in [-0.4, -0.2) is 12.0 Å². The van der Waals surface area contributed by atoms with E-state index in [2.05, 4.69) is 17.4 Å². The molecule has 3 rings (SSSR count). The van der Waals surface area contributed by atoms with Gasteiger partial charge in [-0.25, -0.2) is 0 Å². The number of nitro groups is 1. The van der Waals surface area contributed by atoms with Crippen LogP contribution in [0, 0.1) is 10.1 Å². The number of halogens is 2. The molecule has 0 aliphatic heterocycles. The molecule has 150 valence electrons. The highest BCUT2D eigenvalue weighted by molar-refractivity contribution is 6.42. The summed E-state index contributed by atoms with van der Waals surface area (Å²) < 4.78 is 5.10. The molecule has 0 radical (unpaired) electrons. The summed E-state index contributed by atoms with van der Waals surface area (Å²) in [7, 11) is 1.42. The largest absolute Gasteiger partial charge is 0.490 e. The first-order valence-electron chi connectivity index (χ1n) is 9.08. The Labute approximate surface area is 179 Å². The second kappa shape index (κ2) is 9.63. The molecule has 0 aliphatic carbocycles. The van der Waals surface area contributed by atoms with Crippen molar-refractivity contribution in [3.63, 3.8) is 0 Å². The van der Waals surface area contributed by atoms with Crippen LogP contribution in [0.5, 0.6) is 5.75 Å². The van der Waals surface area contributed by atoms with E-state index in [-0.39, 0.29) is 11.4 Å². The van der Waals surface area contributed by atoms with Crippen LogP contribution in [-0.2, 0) is 12.8 Å². The van der Waals surface area contributed by atoms with Gasteiger partial charge in [-0.05, 0) is 60.7 Å². The summed E-state index contributed by atoms with van der Waals surface area (Å²) in [6.07, 6.45) is 2.88. The Morgan fingerprint density at radius 3 is 2.21 bits per heavy atom. The van der Waals surface area contributed by atoms with Gasteiger partial charge in [-0.2, -0.15) is 0 Å². The predicted molar refractivity (Wildman–Crippen MR) is 118 cm³/mol. The van der Waals surface area contributed by atoms with E-state index < -0.39 is 4.92 Å². The molecule has 0 heterocycles. The van der Waals surface area contributed by atoms with E-state index in [1.807, 2.05) is 30.3 Å². The molecule has 7 heteroatoms. The molecule has 29 heavy (non-hydrogen) atoms. The maximum absolute atomic E-state index is 11.0. The molecule has 5 nitrogen and oxygen atoms in total. The zero-order chi connectivity index (χ0) is 20.8.